The van der Waals surface area contributed by atoms with Gasteiger partial charge < -0.3 is 19.6 Å². The summed E-state index contributed by atoms with van der Waals surface area (Å²) in [4.78, 5) is 19.4. The zero-order valence-corrected chi connectivity index (χ0v) is 16.5. The Balaban J connectivity index is 1.34. The third kappa shape index (κ3) is 4.30. The van der Waals surface area contributed by atoms with Crippen molar-refractivity contribution in [2.24, 2.45) is 0 Å². The Bertz CT molecular complexity index is 765. The average molecular weight is 383 g/mol. The smallest absolute Gasteiger partial charge is 0.321 e. The Labute approximate surface area is 166 Å². The van der Waals surface area contributed by atoms with Crippen molar-refractivity contribution in [3.63, 3.8) is 0 Å². The Hall–Kier alpha value is -2.54. The van der Waals surface area contributed by atoms with E-state index in [9.17, 15) is 4.79 Å². The lowest BCUT2D eigenvalue weighted by Crippen LogP contribution is -2.49. The van der Waals surface area contributed by atoms with Crippen molar-refractivity contribution >= 4 is 17.4 Å². The number of aromatic nitrogens is 1. The van der Waals surface area contributed by atoms with Gasteiger partial charge in [0.05, 0.1) is 17.1 Å². The maximum atomic E-state index is 12.8. The number of hydrogen-bond acceptors (Lipinski definition) is 5. The van der Waals surface area contributed by atoms with E-state index in [4.69, 9.17) is 4.52 Å². The average Bonchev–Trinajstić information content (AvgIpc) is 3.43. The maximum absolute atomic E-state index is 12.8. The molecule has 1 aliphatic carbocycles. The lowest BCUT2D eigenvalue weighted by Gasteiger charge is -2.35. The predicted molar refractivity (Wildman–Crippen MR) is 109 cm³/mol. The summed E-state index contributed by atoms with van der Waals surface area (Å²) in [6.07, 6.45) is 6.64. The zero-order valence-electron chi connectivity index (χ0n) is 16.5. The highest BCUT2D eigenvalue weighted by Crippen LogP contribution is 2.32. The zero-order chi connectivity index (χ0) is 19.3. The second-order valence-electron chi connectivity index (χ2n) is 7.75. The number of carbonyl (C=O) groups excluding carboxylic acids is 1. The summed E-state index contributed by atoms with van der Waals surface area (Å²) in [5, 5.41) is 7.11. The monoisotopic (exact) mass is 383 g/mol. The molecule has 0 atom stereocenters. The van der Waals surface area contributed by atoms with E-state index in [0.717, 1.165) is 36.7 Å². The van der Waals surface area contributed by atoms with Crippen molar-refractivity contribution in [2.45, 2.75) is 38.3 Å². The van der Waals surface area contributed by atoms with Crippen molar-refractivity contribution in [3.05, 3.63) is 42.3 Å². The molecule has 1 aliphatic heterocycles. The van der Waals surface area contributed by atoms with Crippen LogP contribution in [0.1, 0.15) is 31.4 Å². The number of amides is 2. The molecule has 28 heavy (non-hydrogen) atoms. The largest absolute Gasteiger partial charge is 0.370 e. The first-order chi connectivity index (χ1) is 13.7. The number of nitrogens with one attached hydrogen (secondary N) is 1. The van der Waals surface area contributed by atoms with Gasteiger partial charge in [-0.2, -0.15) is 0 Å². The fraction of sp³-hybridized carbons (Fsp3) is 0.524. The molecule has 1 aromatic heterocycles. The molecule has 150 valence electrons. The molecule has 1 saturated heterocycles. The van der Waals surface area contributed by atoms with E-state index in [1.54, 1.807) is 6.26 Å². The van der Waals surface area contributed by atoms with E-state index in [-0.39, 0.29) is 6.03 Å². The van der Waals surface area contributed by atoms with Gasteiger partial charge in [-0.25, -0.2) is 4.79 Å². The predicted octanol–water partition coefficient (Wildman–Crippen LogP) is 3.40. The molecule has 0 spiro atoms. The third-order valence-corrected chi connectivity index (χ3v) is 5.93. The van der Waals surface area contributed by atoms with Gasteiger partial charge in [-0.15, -0.1) is 0 Å². The summed E-state index contributed by atoms with van der Waals surface area (Å²) in [5.74, 6) is 0. The molecule has 2 fully saturated rings. The summed E-state index contributed by atoms with van der Waals surface area (Å²) < 4.78 is 4.89. The number of benzene rings is 1. The molecular formula is C21H29N5O2. The van der Waals surface area contributed by atoms with Gasteiger partial charge >= 0.3 is 6.03 Å². The van der Waals surface area contributed by atoms with Gasteiger partial charge in [0.15, 0.2) is 0 Å². The summed E-state index contributed by atoms with van der Waals surface area (Å²) in [7, 11) is 2.14. The van der Waals surface area contributed by atoms with Gasteiger partial charge in [0.1, 0.15) is 6.26 Å². The minimum atomic E-state index is -0.0200. The molecule has 0 bridgehead atoms. The van der Waals surface area contributed by atoms with Crippen molar-refractivity contribution in [1.29, 1.82) is 0 Å². The molecule has 4 rings (SSSR count). The molecule has 2 aromatic rings. The van der Waals surface area contributed by atoms with E-state index < -0.39 is 0 Å². The Morgan fingerprint density at radius 1 is 1.18 bits per heavy atom. The number of rotatable bonds is 5. The van der Waals surface area contributed by atoms with Crippen LogP contribution >= 0.6 is 0 Å². The second-order valence-corrected chi connectivity index (χ2v) is 7.75. The number of urea groups is 1. The number of para-hydroxylation sites is 2. The molecular weight excluding hydrogens is 354 g/mol. The summed E-state index contributed by atoms with van der Waals surface area (Å²) >= 11 is 0. The van der Waals surface area contributed by atoms with E-state index in [0.29, 0.717) is 19.1 Å². The maximum Gasteiger partial charge on any atom is 0.321 e. The van der Waals surface area contributed by atoms with Crippen LogP contribution in [-0.4, -0.2) is 60.3 Å². The molecule has 2 amide bonds. The molecule has 2 aliphatic rings. The fourth-order valence-electron chi connectivity index (χ4n) is 4.23. The Kier molecular flexibility index (Phi) is 5.81. The second kappa shape index (κ2) is 8.65. The number of hydrogen-bond donors (Lipinski definition) is 1. The van der Waals surface area contributed by atoms with Crippen LogP contribution in [0, 0.1) is 0 Å². The summed E-state index contributed by atoms with van der Waals surface area (Å²) in [5.41, 5.74) is 2.93. The molecule has 1 N–H and O–H groups in total. The van der Waals surface area contributed by atoms with Crippen LogP contribution in [0.3, 0.4) is 0 Å². The quantitative estimate of drug-likeness (QED) is 0.857. The van der Waals surface area contributed by atoms with Crippen LogP contribution in [0.5, 0.6) is 0 Å². The first-order valence-corrected chi connectivity index (χ1v) is 10.2. The highest BCUT2D eigenvalue weighted by Gasteiger charge is 2.24. The van der Waals surface area contributed by atoms with Crippen molar-refractivity contribution in [3.8, 4) is 0 Å². The van der Waals surface area contributed by atoms with Crippen LogP contribution in [0.2, 0.25) is 0 Å². The molecule has 0 radical (unpaired) electrons. The van der Waals surface area contributed by atoms with Crippen molar-refractivity contribution < 1.29 is 9.32 Å². The minimum absolute atomic E-state index is 0.0200. The number of nitrogens with zero attached hydrogens (tertiary/aromatic N) is 4. The Morgan fingerprint density at radius 3 is 2.64 bits per heavy atom. The minimum Gasteiger partial charge on any atom is -0.370 e. The third-order valence-electron chi connectivity index (χ3n) is 5.93. The first kappa shape index (κ1) is 18.8. The van der Waals surface area contributed by atoms with Crippen LogP contribution in [0.4, 0.5) is 16.2 Å². The first-order valence-electron chi connectivity index (χ1n) is 10.2. The summed E-state index contributed by atoms with van der Waals surface area (Å²) in [6, 6.07) is 10.6. The van der Waals surface area contributed by atoms with Gasteiger partial charge in [-0.05, 0) is 25.0 Å². The molecule has 7 heteroatoms. The molecule has 1 aromatic carbocycles. The topological polar surface area (TPSA) is 64.9 Å². The SMILES string of the molecule is CN(c1ccccc1NC(=O)N1CCN(Cc2ccon2)CC1)C1CCCC1. The fourth-order valence-corrected chi connectivity index (χ4v) is 4.23. The van der Waals surface area contributed by atoms with Gasteiger partial charge in [0.2, 0.25) is 0 Å². The number of carbonyl (C=O) groups is 1. The summed E-state index contributed by atoms with van der Waals surface area (Å²) in [6.45, 7) is 3.86. The highest BCUT2D eigenvalue weighted by molar-refractivity contribution is 5.93. The van der Waals surface area contributed by atoms with Gasteiger partial charge in [0.25, 0.3) is 0 Å². The van der Waals surface area contributed by atoms with Crippen molar-refractivity contribution in [1.82, 2.24) is 15.0 Å². The van der Waals surface area contributed by atoms with Gasteiger partial charge in [-0.1, -0.05) is 30.1 Å². The lowest BCUT2D eigenvalue weighted by molar-refractivity contribution is 0.141. The Morgan fingerprint density at radius 2 is 1.93 bits per heavy atom. The van der Waals surface area contributed by atoms with E-state index in [2.05, 4.69) is 33.4 Å². The van der Waals surface area contributed by atoms with E-state index in [1.165, 1.54) is 25.7 Å². The van der Waals surface area contributed by atoms with E-state index >= 15 is 0 Å². The van der Waals surface area contributed by atoms with E-state index in [1.807, 2.05) is 29.2 Å². The lowest BCUT2D eigenvalue weighted by atomic mass is 10.1. The van der Waals surface area contributed by atoms with Crippen LogP contribution in [0.15, 0.2) is 41.1 Å². The van der Waals surface area contributed by atoms with Crippen LogP contribution in [0.25, 0.3) is 0 Å². The number of anilines is 2. The van der Waals surface area contributed by atoms with Crippen molar-refractivity contribution in [2.75, 3.05) is 43.4 Å². The van der Waals surface area contributed by atoms with Gasteiger partial charge in [-0.3, -0.25) is 4.90 Å². The number of piperazine rings is 1. The molecule has 2 heterocycles. The van der Waals surface area contributed by atoms with Gasteiger partial charge in [0, 0.05) is 51.9 Å². The molecule has 0 unspecified atom stereocenters. The molecule has 7 nitrogen and oxygen atoms in total. The van der Waals surface area contributed by atoms with Crippen LogP contribution in [-0.2, 0) is 6.54 Å². The van der Waals surface area contributed by atoms with Crippen LogP contribution < -0.4 is 10.2 Å². The molecule has 1 saturated carbocycles. The standard InChI is InChI=1S/C21H29N5O2/c1-24(18-6-2-3-7-18)20-9-5-4-8-19(20)22-21(27)26-13-11-25(12-14-26)16-17-10-15-28-23-17/h4-5,8-10,15,18H,2-3,6-7,11-14,16H2,1H3,(H,22,27). The normalized spacial score (nSPS) is 18.4. The highest BCUT2D eigenvalue weighted by atomic mass is 16.5.